The highest BCUT2D eigenvalue weighted by Crippen LogP contribution is 2.23. The number of aliphatic hydroxyl groups excluding tert-OH is 1. The second-order valence-electron chi connectivity index (χ2n) is 5.93. The standard InChI is InChI=1S/C14H24N4O3S/c1-4-5-11-6-15-14(16-7-11)18-8-12(13(19)9-18)10-22(20,21)17(2)3/h6-7,12-13,19H,4-5,8-10H2,1-3H3/t12-,13-/m0/s1. The highest BCUT2D eigenvalue weighted by Gasteiger charge is 2.36. The molecule has 124 valence electrons. The molecule has 0 aromatic carbocycles. The van der Waals surface area contributed by atoms with Crippen LogP contribution in [0.5, 0.6) is 0 Å². The fourth-order valence-corrected chi connectivity index (χ4v) is 3.70. The lowest BCUT2D eigenvalue weighted by Gasteiger charge is -2.18. The zero-order valence-corrected chi connectivity index (χ0v) is 14.1. The third kappa shape index (κ3) is 3.93. The van der Waals surface area contributed by atoms with Gasteiger partial charge < -0.3 is 10.0 Å². The number of anilines is 1. The number of aryl methyl sites for hydroxylation is 1. The number of nitrogens with zero attached hydrogens (tertiary/aromatic N) is 4. The third-order valence-corrected chi connectivity index (χ3v) is 5.86. The Bertz CT molecular complexity index is 589. The number of β-amino-alcohol motifs (C(OH)–C–C–N with tert-alkyl or cyclic N) is 1. The SMILES string of the molecule is CCCc1cnc(N2C[C@@H](CS(=O)(=O)N(C)C)[C@@H](O)C2)nc1. The molecule has 0 amide bonds. The van der Waals surface area contributed by atoms with Gasteiger partial charge in [0.25, 0.3) is 0 Å². The molecule has 0 saturated carbocycles. The Morgan fingerprint density at radius 1 is 1.32 bits per heavy atom. The van der Waals surface area contributed by atoms with Crippen LogP contribution in [0.15, 0.2) is 12.4 Å². The highest BCUT2D eigenvalue weighted by atomic mass is 32.2. The van der Waals surface area contributed by atoms with Crippen molar-refractivity contribution in [3.05, 3.63) is 18.0 Å². The van der Waals surface area contributed by atoms with Gasteiger partial charge in [-0.05, 0) is 12.0 Å². The Morgan fingerprint density at radius 2 is 1.95 bits per heavy atom. The monoisotopic (exact) mass is 328 g/mol. The Hall–Kier alpha value is -1.25. The Labute approximate surface area is 132 Å². The number of hydrogen-bond acceptors (Lipinski definition) is 6. The zero-order valence-electron chi connectivity index (χ0n) is 13.3. The van der Waals surface area contributed by atoms with Gasteiger partial charge in [-0.15, -0.1) is 0 Å². The van der Waals surface area contributed by atoms with E-state index in [1.54, 1.807) is 12.4 Å². The number of sulfonamides is 1. The molecule has 0 aliphatic carbocycles. The first-order chi connectivity index (χ1) is 10.3. The Kier molecular flexibility index (Phi) is 5.36. The predicted molar refractivity (Wildman–Crippen MR) is 85.2 cm³/mol. The lowest BCUT2D eigenvalue weighted by Crippen LogP contribution is -2.33. The molecule has 1 N–H and O–H groups in total. The molecule has 0 bridgehead atoms. The van der Waals surface area contributed by atoms with E-state index in [0.29, 0.717) is 19.0 Å². The molecule has 0 unspecified atom stereocenters. The van der Waals surface area contributed by atoms with Gasteiger partial charge in [-0.2, -0.15) is 0 Å². The molecule has 2 atom stereocenters. The maximum atomic E-state index is 12.0. The largest absolute Gasteiger partial charge is 0.391 e. The van der Waals surface area contributed by atoms with Crippen molar-refractivity contribution >= 4 is 16.0 Å². The van der Waals surface area contributed by atoms with E-state index in [4.69, 9.17) is 0 Å². The van der Waals surface area contributed by atoms with E-state index in [1.807, 2.05) is 4.90 Å². The van der Waals surface area contributed by atoms with Crippen molar-refractivity contribution in [2.45, 2.75) is 25.9 Å². The Balaban J connectivity index is 2.04. The lowest BCUT2D eigenvalue weighted by molar-refractivity contribution is 0.157. The number of rotatable bonds is 6. The van der Waals surface area contributed by atoms with Crippen molar-refractivity contribution in [2.75, 3.05) is 37.8 Å². The van der Waals surface area contributed by atoms with Crippen LogP contribution in [0.3, 0.4) is 0 Å². The van der Waals surface area contributed by atoms with Gasteiger partial charge in [0.05, 0.1) is 11.9 Å². The average Bonchev–Trinajstić information content (AvgIpc) is 2.80. The van der Waals surface area contributed by atoms with Crippen molar-refractivity contribution in [3.63, 3.8) is 0 Å². The first kappa shape index (κ1) is 17.1. The van der Waals surface area contributed by atoms with Gasteiger partial charge in [0.2, 0.25) is 16.0 Å². The fraction of sp³-hybridized carbons (Fsp3) is 0.714. The third-order valence-electron chi connectivity index (χ3n) is 3.90. The van der Waals surface area contributed by atoms with Gasteiger partial charge in [0.1, 0.15) is 0 Å². The van der Waals surface area contributed by atoms with E-state index in [1.165, 1.54) is 18.4 Å². The quantitative estimate of drug-likeness (QED) is 0.798. The smallest absolute Gasteiger partial charge is 0.225 e. The molecule has 0 radical (unpaired) electrons. The van der Waals surface area contributed by atoms with Crippen LogP contribution in [-0.2, 0) is 16.4 Å². The van der Waals surface area contributed by atoms with Gasteiger partial charge in [0.15, 0.2) is 0 Å². The summed E-state index contributed by atoms with van der Waals surface area (Å²) in [6.07, 6.45) is 4.88. The molecule has 8 heteroatoms. The van der Waals surface area contributed by atoms with Crippen LogP contribution in [0.4, 0.5) is 5.95 Å². The molecule has 2 rings (SSSR count). The van der Waals surface area contributed by atoms with Gasteiger partial charge in [0, 0.05) is 45.5 Å². The fourth-order valence-electron chi connectivity index (χ4n) is 2.53. The maximum absolute atomic E-state index is 12.0. The van der Waals surface area contributed by atoms with Gasteiger partial charge >= 0.3 is 0 Å². The van der Waals surface area contributed by atoms with E-state index in [-0.39, 0.29) is 11.7 Å². The molecule has 1 saturated heterocycles. The minimum absolute atomic E-state index is 0.0639. The second kappa shape index (κ2) is 6.89. The summed E-state index contributed by atoms with van der Waals surface area (Å²) in [4.78, 5) is 10.5. The average molecular weight is 328 g/mol. The molecule has 2 heterocycles. The summed E-state index contributed by atoms with van der Waals surface area (Å²) in [6, 6.07) is 0. The van der Waals surface area contributed by atoms with Crippen molar-refractivity contribution in [2.24, 2.45) is 5.92 Å². The molecule has 1 aliphatic heterocycles. The van der Waals surface area contributed by atoms with E-state index in [0.717, 1.165) is 18.4 Å². The molecule has 0 spiro atoms. The number of aromatic nitrogens is 2. The molecule has 1 aromatic rings. The first-order valence-corrected chi connectivity index (χ1v) is 9.08. The van der Waals surface area contributed by atoms with Crippen LogP contribution in [0.2, 0.25) is 0 Å². The molecular formula is C14H24N4O3S. The summed E-state index contributed by atoms with van der Waals surface area (Å²) in [5.41, 5.74) is 1.08. The molecule has 1 aromatic heterocycles. The maximum Gasteiger partial charge on any atom is 0.225 e. The van der Waals surface area contributed by atoms with Crippen LogP contribution in [0.1, 0.15) is 18.9 Å². The van der Waals surface area contributed by atoms with Gasteiger partial charge in [-0.1, -0.05) is 13.3 Å². The number of hydrogen-bond donors (Lipinski definition) is 1. The molecule has 7 nitrogen and oxygen atoms in total. The molecule has 1 fully saturated rings. The van der Waals surface area contributed by atoms with Crippen LogP contribution in [0, 0.1) is 5.92 Å². The lowest BCUT2D eigenvalue weighted by atomic mass is 10.1. The van der Waals surface area contributed by atoms with E-state index in [2.05, 4.69) is 16.9 Å². The summed E-state index contributed by atoms with van der Waals surface area (Å²) >= 11 is 0. The minimum atomic E-state index is -3.33. The summed E-state index contributed by atoms with van der Waals surface area (Å²) in [7, 11) is -0.320. The Morgan fingerprint density at radius 3 is 2.50 bits per heavy atom. The topological polar surface area (TPSA) is 86.6 Å². The molecule has 1 aliphatic rings. The van der Waals surface area contributed by atoms with Crippen LogP contribution in [0.25, 0.3) is 0 Å². The predicted octanol–water partition coefficient (Wildman–Crippen LogP) is 0.118. The first-order valence-electron chi connectivity index (χ1n) is 7.47. The normalized spacial score (nSPS) is 22.5. The van der Waals surface area contributed by atoms with E-state index >= 15 is 0 Å². The summed E-state index contributed by atoms with van der Waals surface area (Å²) in [5, 5.41) is 10.1. The summed E-state index contributed by atoms with van der Waals surface area (Å²) < 4.78 is 25.1. The van der Waals surface area contributed by atoms with Crippen molar-refractivity contribution < 1.29 is 13.5 Å². The van der Waals surface area contributed by atoms with E-state index in [9.17, 15) is 13.5 Å². The zero-order chi connectivity index (χ0) is 16.3. The second-order valence-corrected chi connectivity index (χ2v) is 8.16. The van der Waals surface area contributed by atoms with Crippen LogP contribution >= 0.6 is 0 Å². The molecule has 22 heavy (non-hydrogen) atoms. The van der Waals surface area contributed by atoms with Crippen LogP contribution < -0.4 is 4.90 Å². The highest BCUT2D eigenvalue weighted by molar-refractivity contribution is 7.89. The van der Waals surface area contributed by atoms with Crippen molar-refractivity contribution in [3.8, 4) is 0 Å². The number of aliphatic hydroxyl groups is 1. The van der Waals surface area contributed by atoms with Gasteiger partial charge in [-0.3, -0.25) is 0 Å². The van der Waals surface area contributed by atoms with Gasteiger partial charge in [-0.25, -0.2) is 22.7 Å². The van der Waals surface area contributed by atoms with Crippen LogP contribution in [-0.4, -0.2) is 66.8 Å². The summed E-state index contributed by atoms with van der Waals surface area (Å²) in [5.74, 6) is 0.154. The minimum Gasteiger partial charge on any atom is -0.391 e. The summed E-state index contributed by atoms with van der Waals surface area (Å²) in [6.45, 7) is 2.91. The van der Waals surface area contributed by atoms with Crippen molar-refractivity contribution in [1.82, 2.24) is 14.3 Å². The van der Waals surface area contributed by atoms with E-state index < -0.39 is 16.1 Å². The molecular weight excluding hydrogens is 304 g/mol. The van der Waals surface area contributed by atoms with Crippen molar-refractivity contribution in [1.29, 1.82) is 0 Å².